The zero-order chi connectivity index (χ0) is 17.8. The van der Waals surface area contributed by atoms with E-state index in [4.69, 9.17) is 0 Å². The first kappa shape index (κ1) is 18.8. The van der Waals surface area contributed by atoms with E-state index in [0.717, 1.165) is 0 Å². The molecule has 2 atom stereocenters. The molecule has 0 N–H and O–H groups in total. The molecule has 2 aromatic rings. The normalized spacial score (nSPS) is 15.1. The van der Waals surface area contributed by atoms with E-state index in [1.807, 2.05) is 0 Å². The fourth-order valence-electron chi connectivity index (χ4n) is 3.67. The maximum atomic E-state index is 2.44. The van der Waals surface area contributed by atoms with Crippen LogP contribution in [0.2, 0.25) is 0 Å². The number of rotatable bonds is 7. The maximum absolute atomic E-state index is 2.44. The molecule has 0 aromatic heterocycles. The molecule has 2 rings (SSSR count). The van der Waals surface area contributed by atoms with Crippen LogP contribution in [-0.2, 0) is 0 Å². The van der Waals surface area contributed by atoms with E-state index in [1.54, 1.807) is 0 Å². The summed E-state index contributed by atoms with van der Waals surface area (Å²) in [6.45, 7) is 14.4. The number of hydrogen-bond acceptors (Lipinski definition) is 0. The molecule has 0 amide bonds. The van der Waals surface area contributed by atoms with Crippen molar-refractivity contribution in [3.8, 4) is 0 Å². The predicted octanol–water partition coefficient (Wildman–Crippen LogP) is 7.43. The van der Waals surface area contributed by atoms with Crippen molar-refractivity contribution in [1.29, 1.82) is 0 Å². The number of hydrogen-bond donors (Lipinski definition) is 0. The van der Waals surface area contributed by atoms with Gasteiger partial charge in [-0.1, -0.05) is 109 Å². The Morgan fingerprint density at radius 2 is 1.17 bits per heavy atom. The third-order valence-corrected chi connectivity index (χ3v) is 6.26. The molecule has 0 radical (unpaired) electrons. The molecule has 0 heteroatoms. The zero-order valence-corrected chi connectivity index (χ0v) is 16.3. The van der Waals surface area contributed by atoms with E-state index in [-0.39, 0.29) is 5.41 Å². The van der Waals surface area contributed by atoms with E-state index in [9.17, 15) is 0 Å². The number of benzene rings is 2. The highest BCUT2D eigenvalue weighted by Crippen LogP contribution is 2.49. The first-order valence-electron chi connectivity index (χ1n) is 9.38. The monoisotopic (exact) mass is 322 g/mol. The van der Waals surface area contributed by atoms with E-state index in [1.165, 1.54) is 24.0 Å². The summed E-state index contributed by atoms with van der Waals surface area (Å²) in [5, 5.41) is 0. The Bertz CT molecular complexity index is 607. The average molecular weight is 323 g/mol. The molecule has 130 valence electrons. The van der Waals surface area contributed by atoms with Crippen LogP contribution in [0.15, 0.2) is 60.7 Å². The van der Waals surface area contributed by atoms with Crippen LogP contribution in [0.5, 0.6) is 0 Å². The summed E-state index contributed by atoms with van der Waals surface area (Å²) in [5.41, 5.74) is 3.48. The van der Waals surface area contributed by atoms with Crippen LogP contribution in [0.4, 0.5) is 0 Å². The lowest BCUT2D eigenvalue weighted by Crippen LogP contribution is -2.30. The van der Waals surface area contributed by atoms with E-state index < -0.39 is 0 Å². The Balaban J connectivity index is 2.31. The van der Waals surface area contributed by atoms with Crippen molar-refractivity contribution in [2.75, 3.05) is 0 Å². The first-order valence-corrected chi connectivity index (χ1v) is 9.38. The van der Waals surface area contributed by atoms with Crippen LogP contribution in [0, 0.1) is 10.8 Å². The van der Waals surface area contributed by atoms with Gasteiger partial charge in [0.1, 0.15) is 0 Å². The SMILES string of the molecule is CCC(C)(C)C(CC(C)(C)C(C)c1ccccc1)c1ccccc1. The van der Waals surface area contributed by atoms with Crippen molar-refractivity contribution in [2.45, 2.75) is 66.2 Å². The Morgan fingerprint density at radius 3 is 1.62 bits per heavy atom. The summed E-state index contributed by atoms with van der Waals surface area (Å²) in [6, 6.07) is 22.1. The highest BCUT2D eigenvalue weighted by molar-refractivity contribution is 5.25. The van der Waals surface area contributed by atoms with Crippen LogP contribution in [-0.4, -0.2) is 0 Å². The predicted molar refractivity (Wildman–Crippen MR) is 107 cm³/mol. The van der Waals surface area contributed by atoms with Gasteiger partial charge in [-0.05, 0) is 40.2 Å². The van der Waals surface area contributed by atoms with Crippen molar-refractivity contribution in [2.24, 2.45) is 10.8 Å². The van der Waals surface area contributed by atoms with Gasteiger partial charge in [-0.3, -0.25) is 0 Å². The summed E-state index contributed by atoms with van der Waals surface area (Å²) < 4.78 is 0. The van der Waals surface area contributed by atoms with E-state index >= 15 is 0 Å². The minimum Gasteiger partial charge on any atom is -0.0649 e. The smallest absolute Gasteiger partial charge is 0.0105 e. The summed E-state index contributed by atoms with van der Waals surface area (Å²) in [7, 11) is 0. The van der Waals surface area contributed by atoms with Gasteiger partial charge in [0.25, 0.3) is 0 Å². The molecule has 0 fully saturated rings. The summed E-state index contributed by atoms with van der Waals surface area (Å²) in [6.07, 6.45) is 2.40. The molecule has 0 aliphatic heterocycles. The van der Waals surface area contributed by atoms with Gasteiger partial charge in [0.15, 0.2) is 0 Å². The van der Waals surface area contributed by atoms with Gasteiger partial charge in [0.2, 0.25) is 0 Å². The van der Waals surface area contributed by atoms with Crippen molar-refractivity contribution < 1.29 is 0 Å². The standard InChI is InChI=1S/C24H34/c1-7-23(3,4)22(21-16-12-9-13-17-21)18-24(5,6)19(2)20-14-10-8-11-15-20/h8-17,19,22H,7,18H2,1-6H3. The van der Waals surface area contributed by atoms with Gasteiger partial charge in [-0.2, -0.15) is 0 Å². The molecule has 0 nitrogen and oxygen atoms in total. The highest BCUT2D eigenvalue weighted by Gasteiger charge is 2.37. The van der Waals surface area contributed by atoms with Crippen molar-refractivity contribution in [3.63, 3.8) is 0 Å². The van der Waals surface area contributed by atoms with Gasteiger partial charge in [0, 0.05) is 0 Å². The Labute approximate surface area is 149 Å². The Kier molecular flexibility index (Phi) is 5.91. The van der Waals surface area contributed by atoms with Crippen LogP contribution < -0.4 is 0 Å². The fraction of sp³-hybridized carbons (Fsp3) is 0.500. The molecular weight excluding hydrogens is 288 g/mol. The summed E-state index contributed by atoms with van der Waals surface area (Å²) in [4.78, 5) is 0. The second-order valence-electron chi connectivity index (χ2n) is 8.63. The summed E-state index contributed by atoms with van der Waals surface area (Å²) in [5.74, 6) is 1.11. The molecule has 0 spiro atoms. The zero-order valence-electron chi connectivity index (χ0n) is 16.3. The van der Waals surface area contributed by atoms with Gasteiger partial charge >= 0.3 is 0 Å². The largest absolute Gasteiger partial charge is 0.0649 e. The summed E-state index contributed by atoms with van der Waals surface area (Å²) >= 11 is 0. The molecular formula is C24H34. The topological polar surface area (TPSA) is 0 Å². The van der Waals surface area contributed by atoms with Crippen LogP contribution in [0.25, 0.3) is 0 Å². The van der Waals surface area contributed by atoms with Gasteiger partial charge in [-0.15, -0.1) is 0 Å². The minimum atomic E-state index is 0.244. The van der Waals surface area contributed by atoms with Crippen LogP contribution in [0.3, 0.4) is 0 Å². The van der Waals surface area contributed by atoms with E-state index in [0.29, 0.717) is 17.3 Å². The van der Waals surface area contributed by atoms with Crippen molar-refractivity contribution in [3.05, 3.63) is 71.8 Å². The van der Waals surface area contributed by atoms with E-state index in [2.05, 4.69) is 102 Å². The van der Waals surface area contributed by atoms with Crippen LogP contribution >= 0.6 is 0 Å². The molecule has 0 saturated heterocycles. The molecule has 0 saturated carbocycles. The Hall–Kier alpha value is -1.56. The van der Waals surface area contributed by atoms with Crippen LogP contribution in [0.1, 0.15) is 77.3 Å². The van der Waals surface area contributed by atoms with Gasteiger partial charge in [-0.25, -0.2) is 0 Å². The molecule has 2 unspecified atom stereocenters. The first-order chi connectivity index (χ1) is 11.3. The van der Waals surface area contributed by atoms with Gasteiger partial charge in [0.05, 0.1) is 0 Å². The minimum absolute atomic E-state index is 0.244. The maximum Gasteiger partial charge on any atom is -0.0105 e. The fourth-order valence-corrected chi connectivity index (χ4v) is 3.67. The Morgan fingerprint density at radius 1 is 0.708 bits per heavy atom. The third-order valence-electron chi connectivity index (χ3n) is 6.26. The molecule has 0 bridgehead atoms. The van der Waals surface area contributed by atoms with Crippen molar-refractivity contribution in [1.82, 2.24) is 0 Å². The highest BCUT2D eigenvalue weighted by atomic mass is 14.4. The molecule has 0 aliphatic carbocycles. The lowest BCUT2D eigenvalue weighted by molar-refractivity contribution is 0.171. The van der Waals surface area contributed by atoms with Gasteiger partial charge < -0.3 is 0 Å². The average Bonchev–Trinajstić information content (AvgIpc) is 2.60. The molecule has 0 aliphatic rings. The molecule has 0 heterocycles. The quantitative estimate of drug-likeness (QED) is 0.497. The third kappa shape index (κ3) is 4.29. The second-order valence-corrected chi connectivity index (χ2v) is 8.63. The lowest BCUT2D eigenvalue weighted by atomic mass is 9.63. The molecule has 2 aromatic carbocycles. The van der Waals surface area contributed by atoms with Crippen molar-refractivity contribution >= 4 is 0 Å². The second kappa shape index (κ2) is 7.55. The lowest BCUT2D eigenvalue weighted by Gasteiger charge is -2.42. The molecule has 24 heavy (non-hydrogen) atoms.